The number of rotatable bonds is 3. The lowest BCUT2D eigenvalue weighted by atomic mass is 9.92. The minimum absolute atomic E-state index is 0.655. The SMILES string of the molecule is CC(C)NCC1CC12CSCC2C. The molecule has 0 aromatic heterocycles. The molecule has 0 radical (unpaired) electrons. The molecule has 2 aliphatic rings. The molecule has 76 valence electrons. The van der Waals surface area contributed by atoms with Gasteiger partial charge in [-0.3, -0.25) is 0 Å². The van der Waals surface area contributed by atoms with Gasteiger partial charge in [-0.2, -0.15) is 11.8 Å². The van der Waals surface area contributed by atoms with E-state index in [0.717, 1.165) is 17.3 Å². The van der Waals surface area contributed by atoms with Crippen molar-refractivity contribution in [3.05, 3.63) is 0 Å². The Balaban J connectivity index is 1.80. The molecule has 0 aromatic rings. The molecule has 0 aromatic carbocycles. The highest BCUT2D eigenvalue weighted by Crippen LogP contribution is 2.63. The van der Waals surface area contributed by atoms with Crippen molar-refractivity contribution in [2.45, 2.75) is 33.2 Å². The number of hydrogen-bond donors (Lipinski definition) is 1. The van der Waals surface area contributed by atoms with E-state index in [0.29, 0.717) is 6.04 Å². The average molecular weight is 199 g/mol. The van der Waals surface area contributed by atoms with Crippen molar-refractivity contribution >= 4 is 11.8 Å². The van der Waals surface area contributed by atoms with Crippen molar-refractivity contribution in [1.82, 2.24) is 5.32 Å². The lowest BCUT2D eigenvalue weighted by Crippen LogP contribution is -2.27. The molecule has 13 heavy (non-hydrogen) atoms. The summed E-state index contributed by atoms with van der Waals surface area (Å²) in [6, 6.07) is 0.655. The number of thioether (sulfide) groups is 1. The zero-order valence-corrected chi connectivity index (χ0v) is 9.79. The highest BCUT2D eigenvalue weighted by molar-refractivity contribution is 7.99. The molecule has 1 aliphatic carbocycles. The molecule has 1 heterocycles. The zero-order chi connectivity index (χ0) is 9.47. The van der Waals surface area contributed by atoms with Gasteiger partial charge in [0.05, 0.1) is 0 Å². The average Bonchev–Trinajstić information content (AvgIpc) is 2.64. The fourth-order valence-electron chi connectivity index (χ4n) is 2.57. The van der Waals surface area contributed by atoms with E-state index < -0.39 is 0 Å². The summed E-state index contributed by atoms with van der Waals surface area (Å²) in [7, 11) is 0. The molecular weight excluding hydrogens is 178 g/mol. The second-order valence-electron chi connectivity index (χ2n) is 5.11. The second-order valence-corrected chi connectivity index (χ2v) is 6.14. The molecule has 3 atom stereocenters. The molecule has 2 rings (SSSR count). The fraction of sp³-hybridized carbons (Fsp3) is 1.00. The van der Waals surface area contributed by atoms with Crippen LogP contribution in [0, 0.1) is 17.3 Å². The van der Waals surface area contributed by atoms with E-state index in [2.05, 4.69) is 37.8 Å². The van der Waals surface area contributed by atoms with Crippen LogP contribution in [-0.2, 0) is 0 Å². The van der Waals surface area contributed by atoms with Crippen LogP contribution < -0.4 is 5.32 Å². The lowest BCUT2D eigenvalue weighted by molar-refractivity contribution is 0.376. The third-order valence-electron chi connectivity index (χ3n) is 3.77. The van der Waals surface area contributed by atoms with Crippen LogP contribution in [0.5, 0.6) is 0 Å². The Morgan fingerprint density at radius 1 is 1.54 bits per heavy atom. The Morgan fingerprint density at radius 3 is 2.85 bits per heavy atom. The van der Waals surface area contributed by atoms with Crippen LogP contribution in [-0.4, -0.2) is 24.1 Å². The van der Waals surface area contributed by atoms with Gasteiger partial charge in [0.15, 0.2) is 0 Å². The summed E-state index contributed by atoms with van der Waals surface area (Å²) in [5.74, 6) is 4.79. The minimum atomic E-state index is 0.655. The quantitative estimate of drug-likeness (QED) is 0.749. The Hall–Kier alpha value is 0.310. The number of hydrogen-bond acceptors (Lipinski definition) is 2. The van der Waals surface area contributed by atoms with Gasteiger partial charge < -0.3 is 5.32 Å². The zero-order valence-electron chi connectivity index (χ0n) is 8.97. The van der Waals surface area contributed by atoms with Crippen molar-refractivity contribution in [1.29, 1.82) is 0 Å². The topological polar surface area (TPSA) is 12.0 Å². The van der Waals surface area contributed by atoms with Crippen LogP contribution in [0.1, 0.15) is 27.2 Å². The fourth-order valence-corrected chi connectivity index (χ4v) is 4.39. The van der Waals surface area contributed by atoms with Gasteiger partial charge in [0.25, 0.3) is 0 Å². The molecule has 1 aliphatic heterocycles. The maximum atomic E-state index is 3.57. The van der Waals surface area contributed by atoms with Crippen LogP contribution in [0.15, 0.2) is 0 Å². The monoisotopic (exact) mass is 199 g/mol. The molecule has 0 bridgehead atoms. The van der Waals surface area contributed by atoms with Crippen LogP contribution in [0.4, 0.5) is 0 Å². The first-order valence-electron chi connectivity index (χ1n) is 5.46. The predicted octanol–water partition coefficient (Wildman–Crippen LogP) is 2.37. The van der Waals surface area contributed by atoms with Crippen molar-refractivity contribution in [2.75, 3.05) is 18.1 Å². The second kappa shape index (κ2) is 3.47. The highest BCUT2D eigenvalue weighted by Gasteiger charge is 2.58. The van der Waals surface area contributed by atoms with Gasteiger partial charge in [0.1, 0.15) is 0 Å². The molecule has 3 unspecified atom stereocenters. The normalized spacial score (nSPS) is 43.4. The van der Waals surface area contributed by atoms with E-state index in [4.69, 9.17) is 0 Å². The maximum absolute atomic E-state index is 3.57. The van der Waals surface area contributed by atoms with Crippen molar-refractivity contribution < 1.29 is 0 Å². The van der Waals surface area contributed by atoms with Gasteiger partial charge in [-0.15, -0.1) is 0 Å². The van der Waals surface area contributed by atoms with Gasteiger partial charge >= 0.3 is 0 Å². The molecule has 1 saturated heterocycles. The van der Waals surface area contributed by atoms with E-state index >= 15 is 0 Å². The largest absolute Gasteiger partial charge is 0.314 e. The van der Waals surface area contributed by atoms with Crippen LogP contribution >= 0.6 is 11.8 Å². The smallest absolute Gasteiger partial charge is 0.00104 e. The van der Waals surface area contributed by atoms with Crippen LogP contribution in [0.2, 0.25) is 0 Å². The third kappa shape index (κ3) is 1.75. The first-order valence-corrected chi connectivity index (χ1v) is 6.62. The molecule has 1 nitrogen and oxygen atoms in total. The van der Waals surface area contributed by atoms with Crippen molar-refractivity contribution in [3.8, 4) is 0 Å². The highest BCUT2D eigenvalue weighted by atomic mass is 32.2. The molecular formula is C11H21NS. The molecule has 2 heteroatoms. The maximum Gasteiger partial charge on any atom is 0.00104 e. The Morgan fingerprint density at radius 2 is 2.31 bits per heavy atom. The van der Waals surface area contributed by atoms with Crippen molar-refractivity contribution in [2.24, 2.45) is 17.3 Å². The van der Waals surface area contributed by atoms with Crippen LogP contribution in [0.3, 0.4) is 0 Å². The van der Waals surface area contributed by atoms with Crippen LogP contribution in [0.25, 0.3) is 0 Å². The standard InChI is InChI=1S/C11H21NS/c1-8(2)12-5-10-4-11(10)7-13-6-9(11)3/h8-10,12H,4-7H2,1-3H3. The minimum Gasteiger partial charge on any atom is -0.314 e. The molecule has 1 saturated carbocycles. The van der Waals surface area contributed by atoms with E-state index in [9.17, 15) is 0 Å². The van der Waals surface area contributed by atoms with E-state index in [1.165, 1.54) is 24.5 Å². The Bertz CT molecular complexity index is 193. The molecule has 1 spiro atoms. The molecule has 2 fully saturated rings. The summed E-state index contributed by atoms with van der Waals surface area (Å²) in [5, 5.41) is 3.57. The summed E-state index contributed by atoms with van der Waals surface area (Å²) in [6.45, 7) is 8.17. The number of nitrogens with one attached hydrogen (secondary N) is 1. The summed E-state index contributed by atoms with van der Waals surface area (Å²) in [4.78, 5) is 0. The Kier molecular flexibility index (Phi) is 2.63. The molecule has 0 amide bonds. The lowest BCUT2D eigenvalue weighted by Gasteiger charge is -2.15. The summed E-state index contributed by atoms with van der Waals surface area (Å²) in [5.41, 5.74) is 0.757. The van der Waals surface area contributed by atoms with E-state index in [1.54, 1.807) is 0 Å². The van der Waals surface area contributed by atoms with E-state index in [1.807, 2.05) is 0 Å². The summed E-state index contributed by atoms with van der Waals surface area (Å²) in [6.07, 6.45) is 1.49. The first-order chi connectivity index (χ1) is 6.15. The van der Waals surface area contributed by atoms with Gasteiger partial charge in [-0.25, -0.2) is 0 Å². The van der Waals surface area contributed by atoms with Crippen molar-refractivity contribution in [3.63, 3.8) is 0 Å². The van der Waals surface area contributed by atoms with Gasteiger partial charge in [-0.05, 0) is 41.7 Å². The van der Waals surface area contributed by atoms with Gasteiger partial charge in [0, 0.05) is 6.04 Å². The van der Waals surface area contributed by atoms with E-state index in [-0.39, 0.29) is 0 Å². The third-order valence-corrected chi connectivity index (χ3v) is 5.25. The first kappa shape index (κ1) is 9.85. The predicted molar refractivity (Wildman–Crippen MR) is 60.2 cm³/mol. The molecule has 1 N–H and O–H groups in total. The summed E-state index contributed by atoms with van der Waals surface area (Å²) >= 11 is 2.16. The van der Waals surface area contributed by atoms with Gasteiger partial charge in [-0.1, -0.05) is 20.8 Å². The Labute approximate surface area is 86.0 Å². The van der Waals surface area contributed by atoms with Gasteiger partial charge in [0.2, 0.25) is 0 Å². The summed E-state index contributed by atoms with van der Waals surface area (Å²) < 4.78 is 0.